The van der Waals surface area contributed by atoms with E-state index in [4.69, 9.17) is 4.52 Å². The van der Waals surface area contributed by atoms with Crippen molar-refractivity contribution in [3.05, 3.63) is 41.3 Å². The van der Waals surface area contributed by atoms with Crippen LogP contribution in [-0.2, 0) is 6.18 Å². The summed E-state index contributed by atoms with van der Waals surface area (Å²) in [4.78, 5) is 12.1. The lowest BCUT2D eigenvalue weighted by atomic mass is 10.1. The van der Waals surface area contributed by atoms with E-state index in [2.05, 4.69) is 10.5 Å². The van der Waals surface area contributed by atoms with Crippen molar-refractivity contribution < 1.29 is 32.0 Å². The van der Waals surface area contributed by atoms with Crippen molar-refractivity contribution in [3.8, 4) is 11.3 Å². The number of hydrogen-bond donors (Lipinski definition) is 2. The van der Waals surface area contributed by atoms with Crippen molar-refractivity contribution in [3.63, 3.8) is 0 Å². The van der Waals surface area contributed by atoms with Gasteiger partial charge in [-0.05, 0) is 31.4 Å². The van der Waals surface area contributed by atoms with Crippen LogP contribution in [0.4, 0.5) is 17.6 Å². The highest BCUT2D eigenvalue weighted by Crippen LogP contribution is 2.32. The quantitative estimate of drug-likeness (QED) is 0.827. The number of nitrogens with one attached hydrogen (secondary N) is 1. The van der Waals surface area contributed by atoms with Gasteiger partial charge in [-0.1, -0.05) is 17.3 Å². The van der Waals surface area contributed by atoms with Crippen molar-refractivity contribution in [2.75, 3.05) is 0 Å². The van der Waals surface area contributed by atoms with Crippen molar-refractivity contribution in [1.29, 1.82) is 0 Å². The Labute approximate surface area is 139 Å². The molecule has 0 saturated heterocycles. The van der Waals surface area contributed by atoms with Crippen LogP contribution in [0.25, 0.3) is 11.3 Å². The van der Waals surface area contributed by atoms with E-state index in [1.165, 1.54) is 0 Å². The molecule has 0 bridgehead atoms. The van der Waals surface area contributed by atoms with Gasteiger partial charge in [0.1, 0.15) is 0 Å². The molecule has 2 unspecified atom stereocenters. The lowest BCUT2D eigenvalue weighted by Crippen LogP contribution is -2.34. The number of carbonyl (C=O) groups excluding carboxylic acids is 1. The van der Waals surface area contributed by atoms with Crippen LogP contribution in [-0.4, -0.2) is 28.3 Å². The molecular formula is C16H14F4N2O3. The predicted octanol–water partition coefficient (Wildman–Crippen LogP) is 3.14. The second-order valence-electron chi connectivity index (χ2n) is 5.89. The molecule has 5 nitrogen and oxygen atoms in total. The number of nitrogens with zero attached hydrogens (tertiary/aromatic N) is 1. The van der Waals surface area contributed by atoms with E-state index in [1.54, 1.807) is 0 Å². The highest BCUT2D eigenvalue weighted by atomic mass is 19.4. The van der Waals surface area contributed by atoms with Crippen molar-refractivity contribution in [1.82, 2.24) is 10.5 Å². The van der Waals surface area contributed by atoms with Gasteiger partial charge in [0, 0.05) is 11.6 Å². The Morgan fingerprint density at radius 3 is 2.48 bits per heavy atom. The highest BCUT2D eigenvalue weighted by Gasteiger charge is 2.31. The molecular weight excluding hydrogens is 344 g/mol. The lowest BCUT2D eigenvalue weighted by molar-refractivity contribution is -0.137. The van der Waals surface area contributed by atoms with Crippen molar-refractivity contribution >= 4 is 5.91 Å². The number of halogens is 4. The third-order valence-electron chi connectivity index (χ3n) is 4.07. The Balaban J connectivity index is 1.77. The summed E-state index contributed by atoms with van der Waals surface area (Å²) in [5.74, 6) is -2.25. The van der Waals surface area contributed by atoms with Crippen LogP contribution in [0.3, 0.4) is 0 Å². The standard InChI is InChI=1S/C16H14F4N2O3/c17-12-13(15(24)21-10-5-6-11(23)7-10)22-25-14(12)8-1-3-9(4-2-8)16(18,19)20/h1-4,10-11,23H,5-7H2,(H,21,24). The fraction of sp³-hybridized carbons (Fsp3) is 0.375. The molecule has 2 aromatic rings. The van der Waals surface area contributed by atoms with E-state index in [0.29, 0.717) is 19.3 Å². The molecule has 1 fully saturated rings. The van der Waals surface area contributed by atoms with Crippen LogP contribution in [0, 0.1) is 5.82 Å². The van der Waals surface area contributed by atoms with E-state index >= 15 is 0 Å². The third-order valence-corrected chi connectivity index (χ3v) is 4.07. The average molecular weight is 358 g/mol. The Hall–Kier alpha value is -2.42. The van der Waals surface area contributed by atoms with Gasteiger partial charge < -0.3 is 14.9 Å². The monoisotopic (exact) mass is 358 g/mol. The van der Waals surface area contributed by atoms with Crippen molar-refractivity contribution in [2.24, 2.45) is 0 Å². The Morgan fingerprint density at radius 2 is 1.92 bits per heavy atom. The molecule has 1 saturated carbocycles. The molecule has 0 spiro atoms. The summed E-state index contributed by atoms with van der Waals surface area (Å²) in [7, 11) is 0. The fourth-order valence-electron chi connectivity index (χ4n) is 2.75. The first-order chi connectivity index (χ1) is 11.8. The van der Waals surface area contributed by atoms with Gasteiger partial charge >= 0.3 is 6.18 Å². The van der Waals surface area contributed by atoms with E-state index < -0.39 is 41.0 Å². The number of rotatable bonds is 3. The number of carbonyl (C=O) groups is 1. The Morgan fingerprint density at radius 1 is 1.24 bits per heavy atom. The maximum Gasteiger partial charge on any atom is 0.416 e. The minimum Gasteiger partial charge on any atom is -0.393 e. The minimum atomic E-state index is -4.50. The summed E-state index contributed by atoms with van der Waals surface area (Å²) in [6, 6.07) is 3.38. The molecule has 134 valence electrons. The van der Waals surface area contributed by atoms with Crippen LogP contribution < -0.4 is 5.32 Å². The molecule has 1 heterocycles. The zero-order valence-corrected chi connectivity index (χ0v) is 12.8. The van der Waals surface area contributed by atoms with Crippen LogP contribution in [0.1, 0.15) is 35.3 Å². The minimum absolute atomic E-state index is 0.0355. The van der Waals surface area contributed by atoms with Gasteiger partial charge in [0.25, 0.3) is 5.91 Å². The maximum absolute atomic E-state index is 14.4. The van der Waals surface area contributed by atoms with Gasteiger partial charge in [-0.15, -0.1) is 0 Å². The van der Waals surface area contributed by atoms with Gasteiger partial charge in [-0.25, -0.2) is 0 Å². The summed E-state index contributed by atoms with van der Waals surface area (Å²) >= 11 is 0. The zero-order valence-electron chi connectivity index (χ0n) is 12.8. The molecule has 3 rings (SSSR count). The number of hydrogen-bond acceptors (Lipinski definition) is 4. The predicted molar refractivity (Wildman–Crippen MR) is 78.0 cm³/mol. The van der Waals surface area contributed by atoms with Crippen LogP contribution in [0.2, 0.25) is 0 Å². The van der Waals surface area contributed by atoms with E-state index in [9.17, 15) is 27.5 Å². The largest absolute Gasteiger partial charge is 0.416 e. The first kappa shape index (κ1) is 17.4. The van der Waals surface area contributed by atoms with Crippen LogP contribution >= 0.6 is 0 Å². The summed E-state index contributed by atoms with van der Waals surface area (Å²) in [6.45, 7) is 0. The van der Waals surface area contributed by atoms with Gasteiger partial charge in [-0.3, -0.25) is 4.79 Å². The molecule has 1 amide bonds. The topological polar surface area (TPSA) is 75.4 Å². The van der Waals surface area contributed by atoms with Crippen LogP contribution in [0.15, 0.2) is 28.8 Å². The third kappa shape index (κ3) is 3.65. The number of aromatic nitrogens is 1. The smallest absolute Gasteiger partial charge is 0.393 e. The zero-order chi connectivity index (χ0) is 18.2. The lowest BCUT2D eigenvalue weighted by Gasteiger charge is -2.10. The molecule has 0 radical (unpaired) electrons. The van der Waals surface area contributed by atoms with E-state index in [1.807, 2.05) is 0 Å². The van der Waals surface area contributed by atoms with Gasteiger partial charge in [0.05, 0.1) is 11.7 Å². The van der Waals surface area contributed by atoms with Gasteiger partial charge in [-0.2, -0.15) is 17.6 Å². The second-order valence-corrected chi connectivity index (χ2v) is 5.89. The van der Waals surface area contributed by atoms with Gasteiger partial charge in [0.2, 0.25) is 17.3 Å². The first-order valence-electron chi connectivity index (χ1n) is 7.57. The molecule has 1 aliphatic carbocycles. The fourth-order valence-corrected chi connectivity index (χ4v) is 2.75. The number of aliphatic hydroxyl groups excluding tert-OH is 1. The molecule has 2 atom stereocenters. The highest BCUT2D eigenvalue weighted by molar-refractivity contribution is 5.93. The van der Waals surface area contributed by atoms with E-state index in [-0.39, 0.29) is 11.6 Å². The number of aliphatic hydroxyl groups is 1. The average Bonchev–Trinajstić information content (AvgIpc) is 3.12. The Kier molecular flexibility index (Phi) is 4.51. The normalized spacial score (nSPS) is 20.7. The molecule has 1 aliphatic rings. The molecule has 0 aliphatic heterocycles. The molecule has 1 aromatic carbocycles. The van der Waals surface area contributed by atoms with E-state index in [0.717, 1.165) is 24.3 Å². The molecule has 2 N–H and O–H groups in total. The SMILES string of the molecule is O=C(NC1CCC(O)C1)c1noc(-c2ccc(C(F)(F)F)cc2)c1F. The van der Waals surface area contributed by atoms with Crippen molar-refractivity contribution in [2.45, 2.75) is 37.6 Å². The summed E-state index contributed by atoms with van der Waals surface area (Å²) in [6.07, 6.45) is -3.52. The Bertz CT molecular complexity index is 771. The first-order valence-corrected chi connectivity index (χ1v) is 7.57. The number of benzene rings is 1. The summed E-state index contributed by atoms with van der Waals surface area (Å²) < 4.78 is 56.8. The van der Waals surface area contributed by atoms with Crippen LogP contribution in [0.5, 0.6) is 0 Å². The molecule has 1 aromatic heterocycles. The second kappa shape index (κ2) is 6.47. The summed E-state index contributed by atoms with van der Waals surface area (Å²) in [5.41, 5.74) is -1.42. The number of alkyl halides is 3. The van der Waals surface area contributed by atoms with Gasteiger partial charge in [0.15, 0.2) is 0 Å². The maximum atomic E-state index is 14.4. The summed E-state index contributed by atoms with van der Waals surface area (Å²) in [5, 5.41) is 15.4. The molecule has 25 heavy (non-hydrogen) atoms. The molecule has 9 heteroatoms. The number of amides is 1.